The molecule has 1 aromatic rings. The SMILES string of the molecule is CC(C)c1ccc([C@@](C)(O)C2CC2)cc1. The summed E-state index contributed by atoms with van der Waals surface area (Å²) in [5.74, 6) is 1.03. The van der Waals surface area contributed by atoms with Gasteiger partial charge in [0.25, 0.3) is 0 Å². The Morgan fingerprint density at radius 2 is 1.73 bits per heavy atom. The summed E-state index contributed by atoms with van der Waals surface area (Å²) in [5.41, 5.74) is 1.79. The second-order valence-electron chi connectivity index (χ2n) is 5.20. The van der Waals surface area contributed by atoms with Gasteiger partial charge in [0.1, 0.15) is 0 Å². The molecule has 0 amide bonds. The van der Waals surface area contributed by atoms with Crippen molar-refractivity contribution in [3.63, 3.8) is 0 Å². The van der Waals surface area contributed by atoms with Gasteiger partial charge in [-0.2, -0.15) is 0 Å². The van der Waals surface area contributed by atoms with Crippen molar-refractivity contribution < 1.29 is 5.11 Å². The summed E-state index contributed by atoms with van der Waals surface area (Å²) in [6.45, 7) is 6.32. The Balaban J connectivity index is 2.22. The fourth-order valence-electron chi connectivity index (χ4n) is 2.09. The minimum atomic E-state index is -0.616. The van der Waals surface area contributed by atoms with Gasteiger partial charge in [-0.1, -0.05) is 38.1 Å². The van der Waals surface area contributed by atoms with Gasteiger partial charge in [-0.15, -0.1) is 0 Å². The maximum Gasteiger partial charge on any atom is 0.0896 e. The maximum atomic E-state index is 10.4. The summed E-state index contributed by atoms with van der Waals surface area (Å²) in [5, 5.41) is 10.4. The van der Waals surface area contributed by atoms with Crippen molar-refractivity contribution in [1.82, 2.24) is 0 Å². The Morgan fingerprint density at radius 1 is 1.20 bits per heavy atom. The molecule has 1 aliphatic carbocycles. The molecule has 0 radical (unpaired) electrons. The van der Waals surface area contributed by atoms with Crippen LogP contribution in [0, 0.1) is 5.92 Å². The number of aliphatic hydroxyl groups is 1. The third kappa shape index (κ3) is 2.07. The summed E-state index contributed by atoms with van der Waals surface area (Å²) in [7, 11) is 0. The van der Waals surface area contributed by atoms with Crippen LogP contribution in [0.3, 0.4) is 0 Å². The zero-order valence-corrected chi connectivity index (χ0v) is 9.83. The monoisotopic (exact) mass is 204 g/mol. The molecule has 15 heavy (non-hydrogen) atoms. The Bertz CT molecular complexity index is 331. The molecule has 1 atom stereocenters. The molecule has 1 heteroatoms. The molecule has 0 heterocycles. The van der Waals surface area contributed by atoms with Crippen LogP contribution in [0.25, 0.3) is 0 Å². The standard InChI is InChI=1S/C14H20O/c1-10(2)11-4-6-12(7-5-11)14(3,15)13-8-9-13/h4-7,10,13,15H,8-9H2,1-3H3/t14-/m1/s1. The van der Waals surface area contributed by atoms with E-state index in [4.69, 9.17) is 0 Å². The van der Waals surface area contributed by atoms with E-state index in [1.54, 1.807) is 0 Å². The molecule has 1 aromatic carbocycles. The highest BCUT2D eigenvalue weighted by Crippen LogP contribution is 2.45. The average Bonchev–Trinajstić information content (AvgIpc) is 3.01. The molecule has 0 aliphatic heterocycles. The fourth-order valence-corrected chi connectivity index (χ4v) is 2.09. The van der Waals surface area contributed by atoms with Crippen LogP contribution < -0.4 is 0 Å². The Kier molecular flexibility index (Phi) is 2.59. The second kappa shape index (κ2) is 3.64. The summed E-state index contributed by atoms with van der Waals surface area (Å²) >= 11 is 0. The number of rotatable bonds is 3. The van der Waals surface area contributed by atoms with Crippen LogP contribution in [0.15, 0.2) is 24.3 Å². The highest BCUT2D eigenvalue weighted by molar-refractivity contribution is 5.29. The average molecular weight is 204 g/mol. The summed E-state index contributed by atoms with van der Waals surface area (Å²) in [6.07, 6.45) is 2.33. The van der Waals surface area contributed by atoms with Gasteiger partial charge in [0.05, 0.1) is 5.60 Å². The summed E-state index contributed by atoms with van der Waals surface area (Å²) in [4.78, 5) is 0. The van der Waals surface area contributed by atoms with E-state index in [0.717, 1.165) is 5.56 Å². The largest absolute Gasteiger partial charge is 0.385 e. The first-order valence-corrected chi connectivity index (χ1v) is 5.84. The van der Waals surface area contributed by atoms with Crippen molar-refractivity contribution in [3.8, 4) is 0 Å². The zero-order chi connectivity index (χ0) is 11.1. The lowest BCUT2D eigenvalue weighted by Gasteiger charge is -2.24. The smallest absolute Gasteiger partial charge is 0.0896 e. The lowest BCUT2D eigenvalue weighted by Crippen LogP contribution is -2.23. The molecule has 82 valence electrons. The van der Waals surface area contributed by atoms with Crippen LogP contribution in [0.2, 0.25) is 0 Å². The molecule has 1 saturated carbocycles. The van der Waals surface area contributed by atoms with Crippen LogP contribution in [0.5, 0.6) is 0 Å². The molecule has 1 fully saturated rings. The normalized spacial score (nSPS) is 20.3. The molecule has 0 spiro atoms. The highest BCUT2D eigenvalue weighted by Gasteiger charge is 2.40. The Hall–Kier alpha value is -0.820. The third-order valence-corrected chi connectivity index (χ3v) is 3.53. The van der Waals surface area contributed by atoms with Crippen molar-refractivity contribution in [2.75, 3.05) is 0 Å². The summed E-state index contributed by atoms with van der Waals surface area (Å²) in [6, 6.07) is 8.43. The summed E-state index contributed by atoms with van der Waals surface area (Å²) < 4.78 is 0. The van der Waals surface area contributed by atoms with E-state index in [0.29, 0.717) is 11.8 Å². The van der Waals surface area contributed by atoms with Gasteiger partial charge in [0.2, 0.25) is 0 Å². The van der Waals surface area contributed by atoms with E-state index in [-0.39, 0.29) is 0 Å². The molecule has 0 bridgehead atoms. The van der Waals surface area contributed by atoms with Gasteiger partial charge in [0, 0.05) is 0 Å². The van der Waals surface area contributed by atoms with Gasteiger partial charge < -0.3 is 5.11 Å². The minimum absolute atomic E-state index is 0.474. The van der Waals surface area contributed by atoms with Crippen molar-refractivity contribution in [2.24, 2.45) is 5.92 Å². The number of hydrogen-bond donors (Lipinski definition) is 1. The first-order valence-electron chi connectivity index (χ1n) is 5.84. The Labute approximate surface area is 92.1 Å². The predicted octanol–water partition coefficient (Wildman–Crippen LogP) is 3.43. The van der Waals surface area contributed by atoms with Crippen molar-refractivity contribution in [1.29, 1.82) is 0 Å². The van der Waals surface area contributed by atoms with Gasteiger partial charge in [-0.05, 0) is 42.7 Å². The molecule has 0 aromatic heterocycles. The van der Waals surface area contributed by atoms with Crippen molar-refractivity contribution in [3.05, 3.63) is 35.4 Å². The quantitative estimate of drug-likeness (QED) is 0.799. The second-order valence-corrected chi connectivity index (χ2v) is 5.20. The van der Waals surface area contributed by atoms with E-state index >= 15 is 0 Å². The Morgan fingerprint density at radius 3 is 2.13 bits per heavy atom. The van der Waals surface area contributed by atoms with E-state index in [2.05, 4.69) is 38.1 Å². The predicted molar refractivity (Wildman–Crippen MR) is 62.8 cm³/mol. The van der Waals surface area contributed by atoms with E-state index < -0.39 is 5.60 Å². The fraction of sp³-hybridized carbons (Fsp3) is 0.571. The molecule has 1 N–H and O–H groups in total. The van der Waals surface area contributed by atoms with Gasteiger partial charge in [0.15, 0.2) is 0 Å². The van der Waals surface area contributed by atoms with Gasteiger partial charge in [-0.3, -0.25) is 0 Å². The molecule has 0 unspecified atom stereocenters. The highest BCUT2D eigenvalue weighted by atomic mass is 16.3. The maximum absolute atomic E-state index is 10.4. The van der Waals surface area contributed by atoms with Crippen LogP contribution in [-0.2, 0) is 5.60 Å². The molecule has 0 saturated heterocycles. The number of benzene rings is 1. The van der Waals surface area contributed by atoms with Gasteiger partial charge in [-0.25, -0.2) is 0 Å². The third-order valence-electron chi connectivity index (χ3n) is 3.53. The first-order chi connectivity index (χ1) is 7.01. The van der Waals surface area contributed by atoms with E-state index in [1.165, 1.54) is 18.4 Å². The van der Waals surface area contributed by atoms with Crippen molar-refractivity contribution >= 4 is 0 Å². The molecule has 1 aliphatic rings. The van der Waals surface area contributed by atoms with Crippen LogP contribution >= 0.6 is 0 Å². The number of hydrogen-bond acceptors (Lipinski definition) is 1. The molecule has 1 nitrogen and oxygen atoms in total. The molecular weight excluding hydrogens is 184 g/mol. The zero-order valence-electron chi connectivity index (χ0n) is 9.83. The van der Waals surface area contributed by atoms with Crippen LogP contribution in [0.4, 0.5) is 0 Å². The topological polar surface area (TPSA) is 20.2 Å². The van der Waals surface area contributed by atoms with Crippen molar-refractivity contribution in [2.45, 2.75) is 45.1 Å². The molecule has 2 rings (SSSR count). The minimum Gasteiger partial charge on any atom is -0.385 e. The first kappa shape index (κ1) is 10.7. The van der Waals surface area contributed by atoms with Crippen LogP contribution in [0.1, 0.15) is 50.7 Å². The lowest BCUT2D eigenvalue weighted by molar-refractivity contribution is 0.0330. The van der Waals surface area contributed by atoms with Gasteiger partial charge >= 0.3 is 0 Å². The van der Waals surface area contributed by atoms with Crippen LogP contribution in [-0.4, -0.2) is 5.11 Å². The lowest BCUT2D eigenvalue weighted by atomic mass is 9.89. The van der Waals surface area contributed by atoms with E-state index in [9.17, 15) is 5.11 Å². The van der Waals surface area contributed by atoms with E-state index in [1.807, 2.05) is 6.92 Å². The molecular formula is C14H20O.